The number of carbonyl (C=O) groups is 2. The van der Waals surface area contributed by atoms with Gasteiger partial charge < -0.3 is 9.84 Å². The van der Waals surface area contributed by atoms with Gasteiger partial charge in [-0.2, -0.15) is 0 Å². The topological polar surface area (TPSA) is 63.6 Å². The third-order valence-electron chi connectivity index (χ3n) is 1.52. The molecule has 4 nitrogen and oxygen atoms in total. The van der Waals surface area contributed by atoms with Gasteiger partial charge in [0.25, 0.3) is 0 Å². The van der Waals surface area contributed by atoms with Gasteiger partial charge in [-0.05, 0) is 12.3 Å². The molecule has 13 heavy (non-hydrogen) atoms. The van der Waals surface area contributed by atoms with Crippen LogP contribution < -0.4 is 0 Å². The van der Waals surface area contributed by atoms with Gasteiger partial charge in [0, 0.05) is 6.42 Å². The first-order valence-corrected chi connectivity index (χ1v) is 4.39. The van der Waals surface area contributed by atoms with E-state index < -0.39 is 18.0 Å². The molecule has 0 aromatic rings. The average molecular weight is 188 g/mol. The minimum absolute atomic E-state index is 0.200. The van der Waals surface area contributed by atoms with Crippen molar-refractivity contribution >= 4 is 11.9 Å². The second kappa shape index (κ2) is 5.56. The van der Waals surface area contributed by atoms with Crippen molar-refractivity contribution in [1.29, 1.82) is 0 Å². The van der Waals surface area contributed by atoms with Crippen LogP contribution in [-0.4, -0.2) is 23.1 Å². The van der Waals surface area contributed by atoms with Gasteiger partial charge in [0.2, 0.25) is 0 Å². The highest BCUT2D eigenvalue weighted by Crippen LogP contribution is 2.09. The summed E-state index contributed by atoms with van der Waals surface area (Å²) in [6, 6.07) is 0. The molecule has 0 aromatic heterocycles. The van der Waals surface area contributed by atoms with Crippen molar-refractivity contribution in [3.63, 3.8) is 0 Å². The number of rotatable bonds is 5. The zero-order chi connectivity index (χ0) is 10.4. The number of carboxylic acids is 1. The highest BCUT2D eigenvalue weighted by Gasteiger charge is 2.22. The van der Waals surface area contributed by atoms with E-state index in [4.69, 9.17) is 9.84 Å². The van der Waals surface area contributed by atoms with Crippen LogP contribution in [-0.2, 0) is 14.3 Å². The first-order valence-electron chi connectivity index (χ1n) is 4.39. The van der Waals surface area contributed by atoms with Crippen molar-refractivity contribution < 1.29 is 19.4 Å². The first-order chi connectivity index (χ1) is 5.97. The molecule has 1 N–H and O–H groups in total. The van der Waals surface area contributed by atoms with Gasteiger partial charge in [-0.3, -0.25) is 4.79 Å². The Kier molecular flexibility index (Phi) is 5.11. The second-order valence-corrected chi connectivity index (χ2v) is 3.30. The van der Waals surface area contributed by atoms with Gasteiger partial charge in [0.05, 0.1) is 0 Å². The predicted octanol–water partition coefficient (Wildman–Crippen LogP) is 1.44. The molecule has 76 valence electrons. The molecule has 1 atom stereocenters. The van der Waals surface area contributed by atoms with Gasteiger partial charge in [0.15, 0.2) is 6.10 Å². The maximum absolute atomic E-state index is 10.8. The monoisotopic (exact) mass is 188 g/mol. The molecule has 0 fully saturated rings. The van der Waals surface area contributed by atoms with E-state index >= 15 is 0 Å². The molecule has 0 aliphatic rings. The van der Waals surface area contributed by atoms with Gasteiger partial charge >= 0.3 is 11.9 Å². The third-order valence-corrected chi connectivity index (χ3v) is 1.52. The molecule has 4 heteroatoms. The maximum Gasteiger partial charge on any atom is 0.345 e. The fourth-order valence-electron chi connectivity index (χ4n) is 0.869. The molecule has 0 spiro atoms. The summed E-state index contributed by atoms with van der Waals surface area (Å²) < 4.78 is 4.73. The highest BCUT2D eigenvalue weighted by molar-refractivity contribution is 5.77. The molecule has 0 amide bonds. The van der Waals surface area contributed by atoms with E-state index in [1.807, 2.05) is 13.8 Å². The van der Waals surface area contributed by atoms with Crippen LogP contribution in [0, 0.1) is 5.92 Å². The Morgan fingerprint density at radius 3 is 2.23 bits per heavy atom. The molecule has 0 bridgehead atoms. The molecular formula is C9H16O4. The molecular weight excluding hydrogens is 172 g/mol. The fraction of sp³-hybridized carbons (Fsp3) is 0.778. The number of carboxylic acid groups (broad SMARTS) is 1. The number of hydrogen-bond donors (Lipinski definition) is 1. The van der Waals surface area contributed by atoms with Gasteiger partial charge in [0.1, 0.15) is 0 Å². The Labute approximate surface area is 77.9 Å². The van der Waals surface area contributed by atoms with Gasteiger partial charge in [-0.25, -0.2) is 4.79 Å². The Hall–Kier alpha value is -1.06. The molecule has 0 aliphatic heterocycles. The summed E-state index contributed by atoms with van der Waals surface area (Å²) in [5, 5.41) is 8.69. The lowest BCUT2D eigenvalue weighted by atomic mass is 10.1. The van der Waals surface area contributed by atoms with Crippen molar-refractivity contribution in [1.82, 2.24) is 0 Å². The smallest absolute Gasteiger partial charge is 0.345 e. The Bertz CT molecular complexity index is 186. The lowest BCUT2D eigenvalue weighted by Crippen LogP contribution is -2.28. The number of esters is 1. The third kappa shape index (κ3) is 5.22. The number of carbonyl (C=O) groups excluding carboxylic acids is 1. The van der Waals surface area contributed by atoms with Crippen molar-refractivity contribution in [2.75, 3.05) is 0 Å². The predicted molar refractivity (Wildman–Crippen MR) is 47.3 cm³/mol. The molecule has 0 saturated heterocycles. The van der Waals surface area contributed by atoms with Crippen LogP contribution in [0.25, 0.3) is 0 Å². The van der Waals surface area contributed by atoms with Crippen molar-refractivity contribution in [2.24, 2.45) is 5.92 Å². The van der Waals surface area contributed by atoms with E-state index in [2.05, 4.69) is 0 Å². The summed E-state index contributed by atoms with van der Waals surface area (Å²) in [4.78, 5) is 21.4. The van der Waals surface area contributed by atoms with Gasteiger partial charge in [-0.15, -0.1) is 0 Å². The number of ether oxygens (including phenoxy) is 1. The standard InChI is InChI=1S/C9H16O4/c1-4-8(10)13-7(9(11)12)5-6(2)3/h6-7H,4-5H2,1-3H3,(H,11,12). The minimum Gasteiger partial charge on any atom is -0.479 e. The summed E-state index contributed by atoms with van der Waals surface area (Å²) in [6.45, 7) is 5.40. The Morgan fingerprint density at radius 2 is 1.92 bits per heavy atom. The van der Waals surface area contributed by atoms with Crippen molar-refractivity contribution in [3.05, 3.63) is 0 Å². The molecule has 0 aliphatic carbocycles. The van der Waals surface area contributed by atoms with Crippen LogP contribution in [0.5, 0.6) is 0 Å². The summed E-state index contributed by atoms with van der Waals surface area (Å²) >= 11 is 0. The second-order valence-electron chi connectivity index (χ2n) is 3.30. The Balaban J connectivity index is 4.10. The maximum atomic E-state index is 10.8. The molecule has 1 unspecified atom stereocenters. The average Bonchev–Trinajstić information content (AvgIpc) is 2.02. The van der Waals surface area contributed by atoms with Crippen LogP contribution in [0.4, 0.5) is 0 Å². The van der Waals surface area contributed by atoms with E-state index in [1.165, 1.54) is 0 Å². The van der Waals surface area contributed by atoms with E-state index in [-0.39, 0.29) is 12.3 Å². The van der Waals surface area contributed by atoms with Crippen molar-refractivity contribution in [2.45, 2.75) is 39.7 Å². The first kappa shape index (κ1) is 11.9. The summed E-state index contributed by atoms with van der Waals surface area (Å²) in [5.74, 6) is -1.34. The lowest BCUT2D eigenvalue weighted by Gasteiger charge is -2.14. The SMILES string of the molecule is CCC(=O)OC(CC(C)C)C(=O)O. The van der Waals surface area contributed by atoms with Crippen LogP contribution in [0.1, 0.15) is 33.6 Å². The quantitative estimate of drug-likeness (QED) is 0.663. The largest absolute Gasteiger partial charge is 0.479 e. The fourth-order valence-corrected chi connectivity index (χ4v) is 0.869. The highest BCUT2D eigenvalue weighted by atomic mass is 16.6. The van der Waals surface area contributed by atoms with Crippen LogP contribution in [0.2, 0.25) is 0 Å². The molecule has 0 rings (SSSR count). The zero-order valence-corrected chi connectivity index (χ0v) is 8.24. The van der Waals surface area contributed by atoms with Crippen LogP contribution in [0.15, 0.2) is 0 Å². The van der Waals surface area contributed by atoms with Gasteiger partial charge in [-0.1, -0.05) is 20.8 Å². The number of hydrogen-bond acceptors (Lipinski definition) is 3. The lowest BCUT2D eigenvalue weighted by molar-refractivity contribution is -0.164. The Morgan fingerprint density at radius 1 is 1.38 bits per heavy atom. The van der Waals surface area contributed by atoms with E-state index in [9.17, 15) is 9.59 Å². The number of aliphatic carboxylic acids is 1. The normalized spacial score (nSPS) is 12.6. The molecule has 0 heterocycles. The summed E-state index contributed by atoms with van der Waals surface area (Å²) in [6.07, 6.45) is -0.421. The van der Waals surface area contributed by atoms with E-state index in [1.54, 1.807) is 6.92 Å². The van der Waals surface area contributed by atoms with Crippen molar-refractivity contribution in [3.8, 4) is 0 Å². The van der Waals surface area contributed by atoms with E-state index in [0.717, 1.165) is 0 Å². The zero-order valence-electron chi connectivity index (χ0n) is 8.24. The minimum atomic E-state index is -1.07. The molecule has 0 saturated carbocycles. The molecule has 0 aromatic carbocycles. The summed E-state index contributed by atoms with van der Waals surface area (Å²) in [5.41, 5.74) is 0. The summed E-state index contributed by atoms with van der Waals surface area (Å²) in [7, 11) is 0. The van der Waals surface area contributed by atoms with Crippen LogP contribution in [0.3, 0.4) is 0 Å². The van der Waals surface area contributed by atoms with E-state index in [0.29, 0.717) is 6.42 Å². The van der Waals surface area contributed by atoms with Crippen LogP contribution >= 0.6 is 0 Å². The molecule has 0 radical (unpaired) electrons.